The van der Waals surface area contributed by atoms with Crippen molar-refractivity contribution in [2.75, 3.05) is 18.1 Å². The Hall–Kier alpha value is -1.71. The fraction of sp³-hybridized carbons (Fsp3) is 0.533. The Balaban J connectivity index is 2.04. The molecule has 1 aliphatic rings. The van der Waals surface area contributed by atoms with Crippen molar-refractivity contribution in [2.24, 2.45) is 5.92 Å². The van der Waals surface area contributed by atoms with E-state index in [1.165, 1.54) is 19.3 Å². The Bertz CT molecular complexity index is 455. The van der Waals surface area contributed by atoms with Crippen molar-refractivity contribution in [1.29, 1.82) is 0 Å². The molecule has 2 rings (SSSR count). The quantitative estimate of drug-likeness (QED) is 0.690. The average molecular weight is 261 g/mol. The van der Waals surface area contributed by atoms with Gasteiger partial charge in [-0.05, 0) is 37.0 Å². The molecule has 0 radical (unpaired) electrons. The molecule has 0 heterocycles. The molecule has 104 valence electrons. The molecule has 1 fully saturated rings. The fourth-order valence-electron chi connectivity index (χ4n) is 2.28. The first kappa shape index (κ1) is 13.7. The molecule has 0 spiro atoms. The van der Waals surface area contributed by atoms with Gasteiger partial charge in [0.2, 0.25) is 0 Å². The van der Waals surface area contributed by atoms with Gasteiger partial charge in [0.1, 0.15) is 0 Å². The zero-order chi connectivity index (χ0) is 13.8. The van der Waals surface area contributed by atoms with Gasteiger partial charge in [0.15, 0.2) is 0 Å². The number of nitrogen functional groups attached to an aromatic ring is 1. The zero-order valence-electron chi connectivity index (χ0n) is 11.7. The van der Waals surface area contributed by atoms with Gasteiger partial charge < -0.3 is 16.4 Å². The highest BCUT2D eigenvalue weighted by Crippen LogP contribution is 2.35. The van der Waals surface area contributed by atoms with Gasteiger partial charge in [-0.2, -0.15) is 0 Å². The van der Waals surface area contributed by atoms with Crippen molar-refractivity contribution in [1.82, 2.24) is 5.32 Å². The smallest absolute Gasteiger partial charge is 0.251 e. The van der Waals surface area contributed by atoms with E-state index in [2.05, 4.69) is 17.6 Å². The summed E-state index contributed by atoms with van der Waals surface area (Å²) in [5.74, 6) is 0.784. The van der Waals surface area contributed by atoms with E-state index < -0.39 is 0 Å². The first-order valence-electron chi connectivity index (χ1n) is 7.02. The van der Waals surface area contributed by atoms with Crippen LogP contribution in [0.15, 0.2) is 18.2 Å². The molecule has 0 saturated heterocycles. The number of anilines is 2. The highest BCUT2D eigenvalue weighted by atomic mass is 16.1. The second kappa shape index (κ2) is 5.95. The third-order valence-electron chi connectivity index (χ3n) is 3.71. The Morgan fingerprint density at radius 3 is 2.74 bits per heavy atom. The Morgan fingerprint density at radius 2 is 2.21 bits per heavy atom. The van der Waals surface area contributed by atoms with Gasteiger partial charge >= 0.3 is 0 Å². The number of amides is 1. The van der Waals surface area contributed by atoms with E-state index >= 15 is 0 Å². The summed E-state index contributed by atoms with van der Waals surface area (Å²) in [4.78, 5) is 11.5. The van der Waals surface area contributed by atoms with Crippen molar-refractivity contribution in [2.45, 2.75) is 38.6 Å². The third-order valence-corrected chi connectivity index (χ3v) is 3.71. The van der Waals surface area contributed by atoms with E-state index in [0.717, 1.165) is 18.0 Å². The van der Waals surface area contributed by atoms with Gasteiger partial charge in [-0.15, -0.1) is 0 Å². The van der Waals surface area contributed by atoms with Gasteiger partial charge in [0.25, 0.3) is 5.91 Å². The summed E-state index contributed by atoms with van der Waals surface area (Å²) in [5, 5.41) is 6.10. The summed E-state index contributed by atoms with van der Waals surface area (Å²) in [6, 6.07) is 5.91. The summed E-state index contributed by atoms with van der Waals surface area (Å²) in [5.41, 5.74) is 8.18. The number of hydrogen-bond acceptors (Lipinski definition) is 3. The van der Waals surface area contributed by atoms with Gasteiger partial charge in [-0.25, -0.2) is 0 Å². The predicted octanol–water partition coefficient (Wildman–Crippen LogP) is 2.62. The number of benzene rings is 1. The molecule has 0 bridgehead atoms. The maximum atomic E-state index is 11.5. The minimum atomic E-state index is -0.108. The lowest BCUT2D eigenvalue weighted by molar-refractivity contribution is 0.0963. The molecule has 4 nitrogen and oxygen atoms in total. The van der Waals surface area contributed by atoms with E-state index in [0.29, 0.717) is 17.3 Å². The highest BCUT2D eigenvalue weighted by Gasteiger charge is 2.24. The first-order chi connectivity index (χ1) is 9.13. The van der Waals surface area contributed by atoms with Crippen LogP contribution < -0.4 is 16.4 Å². The third kappa shape index (κ3) is 3.63. The van der Waals surface area contributed by atoms with Crippen LogP contribution in [0, 0.1) is 5.92 Å². The van der Waals surface area contributed by atoms with Crippen molar-refractivity contribution in [3.05, 3.63) is 23.8 Å². The number of carbonyl (C=O) groups excluding carboxylic acids is 1. The molecule has 1 saturated carbocycles. The van der Waals surface area contributed by atoms with E-state index in [1.807, 2.05) is 6.07 Å². The van der Waals surface area contributed by atoms with Gasteiger partial charge in [0.05, 0.1) is 11.4 Å². The lowest BCUT2D eigenvalue weighted by Gasteiger charge is -2.19. The number of nitrogens with two attached hydrogens (primary N) is 1. The van der Waals surface area contributed by atoms with Crippen LogP contribution in [0.3, 0.4) is 0 Å². The van der Waals surface area contributed by atoms with E-state index in [4.69, 9.17) is 5.73 Å². The number of hydrogen-bond donors (Lipinski definition) is 3. The maximum absolute atomic E-state index is 11.5. The van der Waals surface area contributed by atoms with Crippen molar-refractivity contribution >= 4 is 17.3 Å². The summed E-state index contributed by atoms with van der Waals surface area (Å²) >= 11 is 0. The summed E-state index contributed by atoms with van der Waals surface area (Å²) in [6.45, 7) is 2.19. The molecule has 1 unspecified atom stereocenters. The van der Waals surface area contributed by atoms with E-state index in [-0.39, 0.29) is 5.91 Å². The maximum Gasteiger partial charge on any atom is 0.251 e. The lowest BCUT2D eigenvalue weighted by Crippen LogP contribution is -2.21. The monoisotopic (exact) mass is 261 g/mol. The SMILES string of the molecule is CCC(CC1CC1)Nc1ccc(C(=O)NC)cc1N. The van der Waals surface area contributed by atoms with Crippen LogP contribution in [-0.4, -0.2) is 19.0 Å². The van der Waals surface area contributed by atoms with Crippen LogP contribution >= 0.6 is 0 Å². The van der Waals surface area contributed by atoms with Crippen molar-refractivity contribution in [3.8, 4) is 0 Å². The molecule has 1 aromatic carbocycles. The van der Waals surface area contributed by atoms with Gasteiger partial charge in [0, 0.05) is 18.7 Å². The Labute approximate surface area is 114 Å². The summed E-state index contributed by atoms with van der Waals surface area (Å²) in [7, 11) is 1.62. The first-order valence-corrected chi connectivity index (χ1v) is 7.02. The van der Waals surface area contributed by atoms with Gasteiger partial charge in [-0.3, -0.25) is 4.79 Å². The minimum absolute atomic E-state index is 0.108. The summed E-state index contributed by atoms with van der Waals surface area (Å²) < 4.78 is 0. The topological polar surface area (TPSA) is 67.2 Å². The molecule has 4 heteroatoms. The number of carbonyl (C=O) groups is 1. The zero-order valence-corrected chi connectivity index (χ0v) is 11.7. The van der Waals surface area contributed by atoms with Crippen LogP contribution in [0.4, 0.5) is 11.4 Å². The van der Waals surface area contributed by atoms with Gasteiger partial charge in [-0.1, -0.05) is 19.8 Å². The summed E-state index contributed by atoms with van der Waals surface area (Å²) in [6.07, 6.45) is 5.03. The number of nitrogens with one attached hydrogen (secondary N) is 2. The predicted molar refractivity (Wildman–Crippen MR) is 79.3 cm³/mol. The van der Waals surface area contributed by atoms with Crippen LogP contribution in [-0.2, 0) is 0 Å². The molecule has 1 atom stereocenters. The van der Waals surface area contributed by atoms with E-state index in [9.17, 15) is 4.79 Å². The Morgan fingerprint density at radius 1 is 1.47 bits per heavy atom. The molecular formula is C15H23N3O. The largest absolute Gasteiger partial charge is 0.397 e. The van der Waals surface area contributed by atoms with E-state index in [1.54, 1.807) is 19.2 Å². The van der Waals surface area contributed by atoms with Crippen LogP contribution in [0.2, 0.25) is 0 Å². The second-order valence-corrected chi connectivity index (χ2v) is 5.31. The van der Waals surface area contributed by atoms with Crippen molar-refractivity contribution in [3.63, 3.8) is 0 Å². The van der Waals surface area contributed by atoms with Crippen LogP contribution in [0.25, 0.3) is 0 Å². The van der Waals surface area contributed by atoms with Crippen molar-refractivity contribution < 1.29 is 4.79 Å². The molecule has 1 aromatic rings. The molecular weight excluding hydrogens is 238 g/mol. The number of rotatable bonds is 6. The molecule has 0 aromatic heterocycles. The molecule has 19 heavy (non-hydrogen) atoms. The normalized spacial score (nSPS) is 15.9. The standard InChI is InChI=1S/C15H23N3O/c1-3-12(8-10-4-5-10)18-14-7-6-11(9-13(14)16)15(19)17-2/h6-7,9-10,12,18H,3-5,8,16H2,1-2H3,(H,17,19). The van der Waals surface area contributed by atoms with Crippen LogP contribution in [0.5, 0.6) is 0 Å². The average Bonchev–Trinajstić information content (AvgIpc) is 3.23. The molecule has 1 aliphatic carbocycles. The second-order valence-electron chi connectivity index (χ2n) is 5.31. The lowest BCUT2D eigenvalue weighted by atomic mass is 10.1. The highest BCUT2D eigenvalue weighted by molar-refractivity contribution is 5.95. The molecule has 0 aliphatic heterocycles. The molecule has 1 amide bonds. The fourth-order valence-corrected chi connectivity index (χ4v) is 2.28. The molecule has 4 N–H and O–H groups in total. The minimum Gasteiger partial charge on any atom is -0.397 e. The Kier molecular flexibility index (Phi) is 4.30. The van der Waals surface area contributed by atoms with Crippen LogP contribution in [0.1, 0.15) is 43.0 Å².